The van der Waals surface area contributed by atoms with Gasteiger partial charge in [-0.2, -0.15) is 0 Å². The summed E-state index contributed by atoms with van der Waals surface area (Å²) in [6.07, 6.45) is 12.1. The van der Waals surface area contributed by atoms with Gasteiger partial charge in [-0.05, 0) is 24.7 Å². The number of hydrogen-bond donors (Lipinski definition) is 1. The highest BCUT2D eigenvalue weighted by Gasteiger charge is 2.06. The van der Waals surface area contributed by atoms with Crippen LogP contribution in [0.25, 0.3) is 0 Å². The summed E-state index contributed by atoms with van der Waals surface area (Å²) in [5, 5.41) is 0. The van der Waals surface area contributed by atoms with Gasteiger partial charge in [-0.25, -0.2) is 0 Å². The van der Waals surface area contributed by atoms with Crippen molar-refractivity contribution in [2.45, 2.75) is 85.0 Å². The molecule has 2 heteroatoms. The molecular formula is C16H33NO. The van der Waals surface area contributed by atoms with E-state index in [1.165, 1.54) is 44.9 Å². The molecule has 108 valence electrons. The summed E-state index contributed by atoms with van der Waals surface area (Å²) in [7, 11) is 0. The number of hydrogen-bond acceptors (Lipinski definition) is 1. The van der Waals surface area contributed by atoms with Crippen LogP contribution >= 0.6 is 0 Å². The van der Waals surface area contributed by atoms with E-state index in [4.69, 9.17) is 5.73 Å². The molecule has 0 bridgehead atoms. The molecule has 2 N–H and O–H groups in total. The average molecular weight is 255 g/mol. The summed E-state index contributed by atoms with van der Waals surface area (Å²) >= 11 is 0. The Labute approximate surface area is 114 Å². The first-order chi connectivity index (χ1) is 8.56. The van der Waals surface area contributed by atoms with Crippen molar-refractivity contribution in [2.24, 2.45) is 17.6 Å². The average Bonchev–Trinajstić information content (AvgIpc) is 2.31. The molecular weight excluding hydrogens is 222 g/mol. The molecule has 0 unspecified atom stereocenters. The smallest absolute Gasteiger partial charge is 0.217 e. The van der Waals surface area contributed by atoms with Gasteiger partial charge in [0.1, 0.15) is 0 Å². The van der Waals surface area contributed by atoms with E-state index in [9.17, 15) is 4.79 Å². The first-order valence-electron chi connectivity index (χ1n) is 7.84. The molecule has 0 aliphatic carbocycles. The maximum absolute atomic E-state index is 10.5. The third-order valence-electron chi connectivity index (χ3n) is 3.87. The minimum absolute atomic E-state index is 0.158. The van der Waals surface area contributed by atoms with Gasteiger partial charge >= 0.3 is 0 Å². The zero-order valence-corrected chi connectivity index (χ0v) is 12.7. The Morgan fingerprint density at radius 2 is 1.50 bits per heavy atom. The van der Waals surface area contributed by atoms with E-state index in [1.54, 1.807) is 0 Å². The van der Waals surface area contributed by atoms with Gasteiger partial charge in [0.15, 0.2) is 0 Å². The van der Waals surface area contributed by atoms with Crippen LogP contribution < -0.4 is 5.73 Å². The molecule has 0 aliphatic heterocycles. The van der Waals surface area contributed by atoms with Crippen molar-refractivity contribution in [1.82, 2.24) is 0 Å². The zero-order valence-electron chi connectivity index (χ0n) is 12.7. The zero-order chi connectivity index (χ0) is 13.8. The van der Waals surface area contributed by atoms with Crippen LogP contribution in [0.2, 0.25) is 0 Å². The van der Waals surface area contributed by atoms with Crippen molar-refractivity contribution in [3.05, 3.63) is 0 Å². The van der Waals surface area contributed by atoms with E-state index >= 15 is 0 Å². The van der Waals surface area contributed by atoms with Gasteiger partial charge in [-0.3, -0.25) is 4.79 Å². The van der Waals surface area contributed by atoms with Crippen LogP contribution in [-0.4, -0.2) is 5.91 Å². The molecule has 2 nitrogen and oxygen atoms in total. The minimum atomic E-state index is -0.158. The molecule has 1 amide bonds. The monoisotopic (exact) mass is 255 g/mol. The SMILES string of the molecule is CC[C@H](C)C[C@H](C)CCCCCCCCC(N)=O. The number of carbonyl (C=O) groups excluding carboxylic acids is 1. The highest BCUT2D eigenvalue weighted by atomic mass is 16.1. The molecule has 0 rings (SSSR count). The number of amides is 1. The largest absolute Gasteiger partial charge is 0.370 e. The van der Waals surface area contributed by atoms with E-state index in [2.05, 4.69) is 20.8 Å². The normalized spacial score (nSPS) is 14.4. The van der Waals surface area contributed by atoms with Crippen LogP contribution in [0.4, 0.5) is 0 Å². The lowest BCUT2D eigenvalue weighted by molar-refractivity contribution is -0.118. The van der Waals surface area contributed by atoms with Gasteiger partial charge in [-0.1, -0.05) is 65.7 Å². The van der Waals surface area contributed by atoms with Crippen molar-refractivity contribution < 1.29 is 4.79 Å². The Balaban J connectivity index is 3.22. The maximum Gasteiger partial charge on any atom is 0.217 e. The highest BCUT2D eigenvalue weighted by Crippen LogP contribution is 2.20. The molecule has 0 saturated carbocycles. The fraction of sp³-hybridized carbons (Fsp3) is 0.938. The predicted octanol–water partition coefficient (Wildman–Crippen LogP) is 4.66. The Kier molecular flexibility index (Phi) is 11.2. The highest BCUT2D eigenvalue weighted by molar-refractivity contribution is 5.73. The quantitative estimate of drug-likeness (QED) is 0.506. The second-order valence-corrected chi connectivity index (χ2v) is 5.98. The summed E-state index contributed by atoms with van der Waals surface area (Å²) in [6, 6.07) is 0. The lowest BCUT2D eigenvalue weighted by Gasteiger charge is -2.15. The van der Waals surface area contributed by atoms with Crippen LogP contribution in [-0.2, 0) is 4.79 Å². The van der Waals surface area contributed by atoms with Gasteiger partial charge in [0, 0.05) is 6.42 Å². The third kappa shape index (κ3) is 11.9. The van der Waals surface area contributed by atoms with Gasteiger partial charge in [0.05, 0.1) is 0 Å². The van der Waals surface area contributed by atoms with Crippen LogP contribution in [0, 0.1) is 11.8 Å². The molecule has 0 aromatic carbocycles. The van der Waals surface area contributed by atoms with Crippen LogP contribution in [0.5, 0.6) is 0 Å². The number of primary amides is 1. The molecule has 0 saturated heterocycles. The summed E-state index contributed by atoms with van der Waals surface area (Å²) < 4.78 is 0. The van der Waals surface area contributed by atoms with Gasteiger partial charge < -0.3 is 5.73 Å². The number of unbranched alkanes of at least 4 members (excludes halogenated alkanes) is 5. The molecule has 2 atom stereocenters. The second-order valence-electron chi connectivity index (χ2n) is 5.98. The standard InChI is InChI=1S/C16H33NO/c1-4-14(2)13-15(3)11-9-7-5-6-8-10-12-16(17)18/h14-15H,4-13H2,1-3H3,(H2,17,18)/t14-,15+/m0/s1. The number of rotatable bonds is 12. The number of nitrogens with two attached hydrogens (primary N) is 1. The topological polar surface area (TPSA) is 43.1 Å². The Morgan fingerprint density at radius 3 is 2.06 bits per heavy atom. The maximum atomic E-state index is 10.5. The molecule has 0 aliphatic rings. The van der Waals surface area contributed by atoms with Crippen molar-refractivity contribution >= 4 is 5.91 Å². The van der Waals surface area contributed by atoms with E-state index in [0.717, 1.165) is 24.7 Å². The lowest BCUT2D eigenvalue weighted by Crippen LogP contribution is -2.09. The van der Waals surface area contributed by atoms with Crippen molar-refractivity contribution in [3.63, 3.8) is 0 Å². The Morgan fingerprint density at radius 1 is 0.944 bits per heavy atom. The summed E-state index contributed by atoms with van der Waals surface area (Å²) in [4.78, 5) is 10.5. The molecule has 0 aromatic rings. The Hall–Kier alpha value is -0.530. The lowest BCUT2D eigenvalue weighted by atomic mass is 9.91. The van der Waals surface area contributed by atoms with E-state index in [-0.39, 0.29) is 5.91 Å². The van der Waals surface area contributed by atoms with Crippen LogP contribution in [0.15, 0.2) is 0 Å². The molecule has 0 aromatic heterocycles. The molecule has 0 radical (unpaired) electrons. The van der Waals surface area contributed by atoms with Gasteiger partial charge in [0.25, 0.3) is 0 Å². The summed E-state index contributed by atoms with van der Waals surface area (Å²) in [6.45, 7) is 7.03. The van der Waals surface area contributed by atoms with Gasteiger partial charge in [-0.15, -0.1) is 0 Å². The summed E-state index contributed by atoms with van der Waals surface area (Å²) in [5.74, 6) is 1.61. The Bertz CT molecular complexity index is 203. The van der Waals surface area contributed by atoms with E-state index in [1.807, 2.05) is 0 Å². The second kappa shape index (κ2) is 11.6. The molecule has 0 heterocycles. The van der Waals surface area contributed by atoms with E-state index in [0.29, 0.717) is 6.42 Å². The molecule has 0 fully saturated rings. The van der Waals surface area contributed by atoms with Crippen LogP contribution in [0.1, 0.15) is 85.0 Å². The summed E-state index contributed by atoms with van der Waals surface area (Å²) in [5.41, 5.74) is 5.10. The predicted molar refractivity (Wildman–Crippen MR) is 79.4 cm³/mol. The minimum Gasteiger partial charge on any atom is -0.370 e. The molecule has 0 spiro atoms. The fourth-order valence-corrected chi connectivity index (χ4v) is 2.47. The van der Waals surface area contributed by atoms with Crippen molar-refractivity contribution in [1.29, 1.82) is 0 Å². The fourth-order valence-electron chi connectivity index (χ4n) is 2.47. The van der Waals surface area contributed by atoms with Crippen LogP contribution in [0.3, 0.4) is 0 Å². The van der Waals surface area contributed by atoms with Gasteiger partial charge in [0.2, 0.25) is 5.91 Å². The van der Waals surface area contributed by atoms with E-state index < -0.39 is 0 Å². The molecule has 18 heavy (non-hydrogen) atoms. The van der Waals surface area contributed by atoms with Crippen molar-refractivity contribution in [3.8, 4) is 0 Å². The van der Waals surface area contributed by atoms with Crippen molar-refractivity contribution in [2.75, 3.05) is 0 Å². The first kappa shape index (κ1) is 17.5. The number of carbonyl (C=O) groups is 1. The third-order valence-corrected chi connectivity index (χ3v) is 3.87. The first-order valence-corrected chi connectivity index (χ1v) is 7.84.